The maximum absolute atomic E-state index is 13.0. The molecule has 1 aliphatic heterocycles. The zero-order valence-corrected chi connectivity index (χ0v) is 18.5. The Hall–Kier alpha value is -2.68. The van der Waals surface area contributed by atoms with Crippen LogP contribution in [0.2, 0.25) is 0 Å². The lowest BCUT2D eigenvalue weighted by atomic mass is 9.75. The van der Waals surface area contributed by atoms with Crippen LogP contribution in [0.5, 0.6) is 0 Å². The highest BCUT2D eigenvalue weighted by Gasteiger charge is 2.43. The number of rotatable bonds is 8. The van der Waals surface area contributed by atoms with Crippen LogP contribution >= 0.6 is 11.8 Å². The van der Waals surface area contributed by atoms with Gasteiger partial charge in [0.25, 0.3) is 5.69 Å². The quantitative estimate of drug-likeness (QED) is 0.264. The van der Waals surface area contributed by atoms with Gasteiger partial charge in [-0.05, 0) is 39.5 Å². The van der Waals surface area contributed by atoms with E-state index in [2.05, 4.69) is 4.99 Å². The number of aliphatic imine (C=N–C) groups is 1. The fraction of sp³-hybridized carbons (Fsp3) is 0.476. The SMILES string of the molecule is CSCCOC(=O)C1C(C)=NC(C)=C(C(=O)OC(C)C)[C@H]1c1cccc([N+](=O)[O-])c1. The lowest BCUT2D eigenvalue weighted by molar-refractivity contribution is -0.384. The lowest BCUT2D eigenvalue weighted by Crippen LogP contribution is -2.37. The van der Waals surface area contributed by atoms with Crippen LogP contribution in [-0.4, -0.2) is 47.3 Å². The second-order valence-corrected chi connectivity index (χ2v) is 8.16. The van der Waals surface area contributed by atoms with Gasteiger partial charge in [-0.3, -0.25) is 19.9 Å². The average Bonchev–Trinajstić information content (AvgIpc) is 2.66. The Morgan fingerprint density at radius 1 is 1.30 bits per heavy atom. The number of allylic oxidation sites excluding steroid dienone is 1. The van der Waals surface area contributed by atoms with Gasteiger partial charge in [-0.15, -0.1) is 0 Å². The van der Waals surface area contributed by atoms with Crippen LogP contribution in [0.25, 0.3) is 0 Å². The van der Waals surface area contributed by atoms with Gasteiger partial charge < -0.3 is 9.47 Å². The van der Waals surface area contributed by atoms with E-state index in [9.17, 15) is 19.7 Å². The molecule has 1 heterocycles. The zero-order valence-electron chi connectivity index (χ0n) is 17.7. The number of thioether (sulfide) groups is 1. The molecule has 1 aromatic rings. The van der Waals surface area contributed by atoms with Crippen LogP contribution in [0.15, 0.2) is 40.5 Å². The Morgan fingerprint density at radius 3 is 2.60 bits per heavy atom. The zero-order chi connectivity index (χ0) is 22.4. The summed E-state index contributed by atoms with van der Waals surface area (Å²) in [5, 5.41) is 11.3. The Kier molecular flexibility index (Phi) is 8.16. The standard InChI is InChI=1S/C21H26N2O6S/c1-12(2)29-21(25)18-14(4)22-13(3)17(20(24)28-9-10-30-5)19(18)15-7-6-8-16(11-15)23(26)27/h6-8,11-12,17,19H,9-10H2,1-5H3/t17?,19-/m0/s1. The predicted octanol–water partition coefficient (Wildman–Crippen LogP) is 3.90. The molecular formula is C21H26N2O6S. The van der Waals surface area contributed by atoms with Crippen molar-refractivity contribution in [3.63, 3.8) is 0 Å². The van der Waals surface area contributed by atoms with Gasteiger partial charge >= 0.3 is 11.9 Å². The fourth-order valence-corrected chi connectivity index (χ4v) is 3.64. The predicted molar refractivity (Wildman–Crippen MR) is 116 cm³/mol. The van der Waals surface area contributed by atoms with Crippen molar-refractivity contribution >= 4 is 35.1 Å². The molecule has 0 saturated carbocycles. The molecule has 1 aromatic carbocycles. The topological polar surface area (TPSA) is 108 Å². The van der Waals surface area contributed by atoms with E-state index in [4.69, 9.17) is 9.47 Å². The minimum Gasteiger partial charge on any atom is -0.464 e. The smallest absolute Gasteiger partial charge is 0.336 e. The average molecular weight is 435 g/mol. The number of benzene rings is 1. The normalized spacial score (nSPS) is 18.8. The van der Waals surface area contributed by atoms with E-state index in [1.807, 2.05) is 6.26 Å². The molecule has 1 unspecified atom stereocenters. The first-order valence-electron chi connectivity index (χ1n) is 9.54. The van der Waals surface area contributed by atoms with E-state index < -0.39 is 28.7 Å². The number of ether oxygens (including phenoxy) is 2. The van der Waals surface area contributed by atoms with Crippen molar-refractivity contribution in [2.75, 3.05) is 18.6 Å². The molecule has 0 aromatic heterocycles. The van der Waals surface area contributed by atoms with E-state index >= 15 is 0 Å². The number of carbonyl (C=O) groups excluding carboxylic acids is 2. The Labute approximate surface area is 179 Å². The Morgan fingerprint density at radius 2 is 2.00 bits per heavy atom. The molecule has 0 saturated heterocycles. The van der Waals surface area contributed by atoms with E-state index in [1.54, 1.807) is 45.5 Å². The number of esters is 2. The minimum absolute atomic E-state index is 0.128. The second-order valence-electron chi connectivity index (χ2n) is 7.17. The minimum atomic E-state index is -0.882. The summed E-state index contributed by atoms with van der Waals surface area (Å²) in [7, 11) is 0. The van der Waals surface area contributed by atoms with Crippen molar-refractivity contribution in [2.24, 2.45) is 10.9 Å². The first kappa shape index (κ1) is 23.6. The molecule has 9 heteroatoms. The monoisotopic (exact) mass is 434 g/mol. The van der Waals surface area contributed by atoms with E-state index in [0.717, 1.165) is 0 Å². The van der Waals surface area contributed by atoms with E-state index in [0.29, 0.717) is 22.7 Å². The number of non-ortho nitro benzene ring substituents is 1. The molecule has 162 valence electrons. The fourth-order valence-electron chi connectivity index (χ4n) is 3.39. The number of nitro benzene ring substituents is 1. The van der Waals surface area contributed by atoms with Crippen molar-refractivity contribution in [3.8, 4) is 0 Å². The largest absolute Gasteiger partial charge is 0.464 e. The van der Waals surface area contributed by atoms with Crippen LogP contribution in [0.1, 0.15) is 39.2 Å². The third-order valence-corrected chi connectivity index (χ3v) is 5.19. The number of hydrogen-bond acceptors (Lipinski definition) is 8. The number of hydrogen-bond donors (Lipinski definition) is 0. The summed E-state index contributed by atoms with van der Waals surface area (Å²) in [5.41, 5.74) is 1.44. The highest BCUT2D eigenvalue weighted by atomic mass is 32.2. The molecule has 0 N–H and O–H groups in total. The second kappa shape index (κ2) is 10.4. The molecular weight excluding hydrogens is 408 g/mol. The highest BCUT2D eigenvalue weighted by molar-refractivity contribution is 7.98. The van der Waals surface area contributed by atoms with E-state index in [1.165, 1.54) is 18.2 Å². The number of nitro groups is 1. The highest BCUT2D eigenvalue weighted by Crippen LogP contribution is 2.41. The van der Waals surface area contributed by atoms with Gasteiger partial charge in [-0.25, -0.2) is 4.79 Å². The van der Waals surface area contributed by atoms with Crippen LogP contribution in [-0.2, 0) is 19.1 Å². The Bertz CT molecular complexity index is 893. The van der Waals surface area contributed by atoms with Crippen molar-refractivity contribution in [1.82, 2.24) is 0 Å². The van der Waals surface area contributed by atoms with Crippen LogP contribution in [0, 0.1) is 16.0 Å². The van der Waals surface area contributed by atoms with Crippen LogP contribution in [0.4, 0.5) is 5.69 Å². The maximum atomic E-state index is 13.0. The van der Waals surface area contributed by atoms with Gasteiger partial charge in [0.2, 0.25) is 0 Å². The third kappa shape index (κ3) is 5.47. The molecule has 1 aliphatic rings. The summed E-state index contributed by atoms with van der Waals surface area (Å²) < 4.78 is 10.8. The third-order valence-electron chi connectivity index (χ3n) is 4.62. The van der Waals surface area contributed by atoms with Crippen LogP contribution in [0.3, 0.4) is 0 Å². The number of carbonyl (C=O) groups is 2. The maximum Gasteiger partial charge on any atom is 0.336 e. The summed E-state index contributed by atoms with van der Waals surface area (Å²) >= 11 is 1.54. The van der Waals surface area contributed by atoms with Crippen molar-refractivity contribution in [3.05, 3.63) is 51.2 Å². The Balaban J connectivity index is 2.59. The first-order chi connectivity index (χ1) is 14.2. The molecule has 2 rings (SSSR count). The molecule has 8 nitrogen and oxygen atoms in total. The molecule has 2 atom stereocenters. The van der Waals surface area contributed by atoms with Gasteiger partial charge in [0.15, 0.2) is 0 Å². The van der Waals surface area contributed by atoms with Gasteiger partial charge in [-0.1, -0.05) is 12.1 Å². The molecule has 0 bridgehead atoms. The van der Waals surface area contributed by atoms with Gasteiger partial charge in [0, 0.05) is 35.2 Å². The van der Waals surface area contributed by atoms with Crippen molar-refractivity contribution < 1.29 is 24.0 Å². The van der Waals surface area contributed by atoms with Gasteiger partial charge in [0.1, 0.15) is 12.5 Å². The van der Waals surface area contributed by atoms with Crippen LogP contribution < -0.4 is 0 Å². The van der Waals surface area contributed by atoms with Crippen molar-refractivity contribution in [1.29, 1.82) is 0 Å². The summed E-state index contributed by atoms with van der Waals surface area (Å²) in [4.78, 5) is 41.1. The van der Waals surface area contributed by atoms with Gasteiger partial charge in [0.05, 0.1) is 16.6 Å². The van der Waals surface area contributed by atoms with E-state index in [-0.39, 0.29) is 24.0 Å². The van der Waals surface area contributed by atoms with Crippen molar-refractivity contribution in [2.45, 2.75) is 39.7 Å². The molecule has 0 fully saturated rings. The summed E-state index contributed by atoms with van der Waals surface area (Å²) in [6.07, 6.45) is 1.53. The molecule has 0 aliphatic carbocycles. The summed E-state index contributed by atoms with van der Waals surface area (Å²) in [6, 6.07) is 5.93. The number of nitrogens with zero attached hydrogens (tertiary/aromatic N) is 2. The molecule has 0 amide bonds. The van der Waals surface area contributed by atoms with Gasteiger partial charge in [-0.2, -0.15) is 11.8 Å². The molecule has 0 radical (unpaired) electrons. The summed E-state index contributed by atoms with van der Waals surface area (Å²) in [5.74, 6) is -2.17. The summed E-state index contributed by atoms with van der Waals surface area (Å²) in [6.45, 7) is 7.03. The molecule has 0 spiro atoms. The lowest BCUT2D eigenvalue weighted by Gasteiger charge is -2.31. The molecule has 30 heavy (non-hydrogen) atoms. The first-order valence-corrected chi connectivity index (χ1v) is 10.9.